The predicted octanol–water partition coefficient (Wildman–Crippen LogP) is 3.14. The van der Waals surface area contributed by atoms with Crippen molar-refractivity contribution in [2.24, 2.45) is 0 Å². The first kappa shape index (κ1) is 9.90. The van der Waals surface area contributed by atoms with Crippen LogP contribution in [-0.2, 0) is 0 Å². The molecule has 0 aliphatic rings. The smallest absolute Gasteiger partial charge is 0.287 e. The lowest BCUT2D eigenvalue weighted by Crippen LogP contribution is -1.90. The number of hydrogen-bond acceptors (Lipinski definition) is 1. The molecule has 0 aliphatic carbocycles. The molecular formula is C12H13FN2. The fraction of sp³-hybridized carbons (Fsp3) is 0.250. The predicted molar refractivity (Wildman–Crippen MR) is 58.2 cm³/mol. The highest BCUT2D eigenvalue weighted by molar-refractivity contribution is 5.65. The van der Waals surface area contributed by atoms with Crippen LogP contribution in [0.5, 0.6) is 0 Å². The first-order valence-corrected chi connectivity index (χ1v) is 4.87. The van der Waals surface area contributed by atoms with Crippen LogP contribution in [-0.4, -0.2) is 9.97 Å². The van der Waals surface area contributed by atoms with Crippen molar-refractivity contribution in [1.29, 1.82) is 0 Å². The van der Waals surface area contributed by atoms with Gasteiger partial charge in [0.2, 0.25) is 0 Å². The Bertz CT molecular complexity index is 500. The van der Waals surface area contributed by atoms with Crippen molar-refractivity contribution in [1.82, 2.24) is 9.97 Å². The fourth-order valence-corrected chi connectivity index (χ4v) is 1.67. The Hall–Kier alpha value is -1.64. The number of aromatic amines is 1. The molecular weight excluding hydrogens is 191 g/mol. The normalized spacial score (nSPS) is 10.7. The highest BCUT2D eigenvalue weighted by atomic mass is 19.1. The number of nitrogens with zero attached hydrogens (tertiary/aromatic N) is 1. The van der Waals surface area contributed by atoms with Crippen molar-refractivity contribution in [3.05, 3.63) is 41.1 Å². The van der Waals surface area contributed by atoms with E-state index in [0.717, 1.165) is 11.1 Å². The van der Waals surface area contributed by atoms with Gasteiger partial charge in [-0.3, -0.25) is 0 Å². The molecule has 78 valence electrons. The van der Waals surface area contributed by atoms with E-state index in [-0.39, 0.29) is 0 Å². The average Bonchev–Trinajstić information content (AvgIpc) is 2.61. The van der Waals surface area contributed by atoms with Crippen molar-refractivity contribution >= 4 is 0 Å². The van der Waals surface area contributed by atoms with Crippen LogP contribution in [0.1, 0.15) is 16.7 Å². The molecule has 1 aromatic carbocycles. The second kappa shape index (κ2) is 3.50. The van der Waals surface area contributed by atoms with E-state index in [0.29, 0.717) is 5.69 Å². The molecule has 0 unspecified atom stereocenters. The Morgan fingerprint density at radius 3 is 2.47 bits per heavy atom. The lowest BCUT2D eigenvalue weighted by Gasteiger charge is -2.08. The zero-order chi connectivity index (χ0) is 11.0. The second-order valence-corrected chi connectivity index (χ2v) is 3.76. The fourth-order valence-electron chi connectivity index (χ4n) is 1.67. The van der Waals surface area contributed by atoms with Gasteiger partial charge in [-0.05, 0) is 37.5 Å². The molecule has 2 rings (SSSR count). The number of aromatic nitrogens is 2. The molecule has 2 nitrogen and oxygen atoms in total. The summed E-state index contributed by atoms with van der Waals surface area (Å²) in [5.74, 6) is 0. The minimum absolute atomic E-state index is 0.539. The van der Waals surface area contributed by atoms with Crippen LogP contribution < -0.4 is 0 Å². The van der Waals surface area contributed by atoms with Crippen molar-refractivity contribution in [2.75, 3.05) is 0 Å². The van der Waals surface area contributed by atoms with Crippen molar-refractivity contribution < 1.29 is 4.39 Å². The van der Waals surface area contributed by atoms with Gasteiger partial charge in [0.1, 0.15) is 0 Å². The van der Waals surface area contributed by atoms with E-state index in [1.807, 2.05) is 19.1 Å². The van der Waals surface area contributed by atoms with Gasteiger partial charge in [-0.1, -0.05) is 12.1 Å². The van der Waals surface area contributed by atoms with E-state index >= 15 is 0 Å². The van der Waals surface area contributed by atoms with Gasteiger partial charge in [0, 0.05) is 11.8 Å². The summed E-state index contributed by atoms with van der Waals surface area (Å²) in [4.78, 5) is 6.24. The lowest BCUT2D eigenvalue weighted by atomic mass is 9.97. The minimum Gasteiger partial charge on any atom is -0.320 e. The van der Waals surface area contributed by atoms with Crippen molar-refractivity contribution in [2.45, 2.75) is 20.8 Å². The first-order chi connectivity index (χ1) is 7.09. The summed E-state index contributed by atoms with van der Waals surface area (Å²) in [7, 11) is 0. The van der Waals surface area contributed by atoms with Gasteiger partial charge in [-0.2, -0.15) is 4.39 Å². The van der Waals surface area contributed by atoms with Gasteiger partial charge >= 0.3 is 0 Å². The number of aryl methyl sites for hydroxylation is 1. The molecule has 1 aromatic heterocycles. The molecule has 1 heterocycles. The SMILES string of the molecule is Cc1ccc(-c2c[nH]c(F)n2)c(C)c1C. The maximum atomic E-state index is 12.8. The first-order valence-electron chi connectivity index (χ1n) is 4.87. The molecule has 0 spiro atoms. The van der Waals surface area contributed by atoms with Crippen LogP contribution in [0.2, 0.25) is 0 Å². The monoisotopic (exact) mass is 204 g/mol. The summed E-state index contributed by atoms with van der Waals surface area (Å²) >= 11 is 0. The molecule has 0 aliphatic heterocycles. The highest BCUT2D eigenvalue weighted by Gasteiger charge is 2.08. The Morgan fingerprint density at radius 1 is 1.13 bits per heavy atom. The van der Waals surface area contributed by atoms with Gasteiger partial charge in [0.15, 0.2) is 0 Å². The molecule has 2 aromatic rings. The number of benzene rings is 1. The number of halogens is 1. The quantitative estimate of drug-likeness (QED) is 0.759. The summed E-state index contributed by atoms with van der Waals surface area (Å²) in [6.07, 6.45) is 1.05. The molecule has 1 N–H and O–H groups in total. The molecule has 0 fully saturated rings. The topological polar surface area (TPSA) is 28.7 Å². The van der Waals surface area contributed by atoms with Crippen LogP contribution >= 0.6 is 0 Å². The summed E-state index contributed by atoms with van der Waals surface area (Å²) < 4.78 is 12.8. The Labute approximate surface area is 88.2 Å². The van der Waals surface area contributed by atoms with E-state index in [1.165, 1.54) is 11.1 Å². The van der Waals surface area contributed by atoms with E-state index in [2.05, 4.69) is 23.8 Å². The van der Waals surface area contributed by atoms with Gasteiger partial charge in [0.05, 0.1) is 5.69 Å². The van der Waals surface area contributed by atoms with E-state index in [1.54, 1.807) is 6.20 Å². The minimum atomic E-state index is -0.539. The van der Waals surface area contributed by atoms with Crippen LogP contribution in [0.25, 0.3) is 11.3 Å². The van der Waals surface area contributed by atoms with Crippen molar-refractivity contribution in [3.8, 4) is 11.3 Å². The summed E-state index contributed by atoms with van der Waals surface area (Å²) in [5, 5.41) is 0. The lowest BCUT2D eigenvalue weighted by molar-refractivity contribution is 0.553. The van der Waals surface area contributed by atoms with Crippen LogP contribution in [0.4, 0.5) is 4.39 Å². The Kier molecular flexibility index (Phi) is 2.31. The maximum absolute atomic E-state index is 12.8. The van der Waals surface area contributed by atoms with Gasteiger partial charge < -0.3 is 4.98 Å². The largest absolute Gasteiger partial charge is 0.320 e. The third-order valence-corrected chi connectivity index (χ3v) is 2.88. The van der Waals surface area contributed by atoms with Crippen LogP contribution in [0, 0.1) is 26.8 Å². The zero-order valence-corrected chi connectivity index (χ0v) is 9.06. The maximum Gasteiger partial charge on any atom is 0.287 e. The van der Waals surface area contributed by atoms with E-state index in [9.17, 15) is 4.39 Å². The van der Waals surface area contributed by atoms with Crippen LogP contribution in [0.15, 0.2) is 18.3 Å². The zero-order valence-electron chi connectivity index (χ0n) is 9.06. The highest BCUT2D eigenvalue weighted by Crippen LogP contribution is 2.25. The molecule has 0 saturated heterocycles. The number of rotatable bonds is 1. The van der Waals surface area contributed by atoms with Crippen molar-refractivity contribution in [3.63, 3.8) is 0 Å². The van der Waals surface area contributed by atoms with E-state index in [4.69, 9.17) is 0 Å². The van der Waals surface area contributed by atoms with Crippen LogP contribution in [0.3, 0.4) is 0 Å². The molecule has 15 heavy (non-hydrogen) atoms. The third-order valence-electron chi connectivity index (χ3n) is 2.88. The standard InChI is InChI=1S/C12H13FN2/c1-7-4-5-10(9(3)8(7)2)11-6-14-12(13)15-11/h4-6H,1-3H3,(H,14,15). The second-order valence-electron chi connectivity index (χ2n) is 3.76. The number of nitrogens with one attached hydrogen (secondary N) is 1. The van der Waals surface area contributed by atoms with Gasteiger partial charge in [-0.25, -0.2) is 4.98 Å². The third kappa shape index (κ3) is 1.65. The molecule has 0 atom stereocenters. The molecule has 0 bridgehead atoms. The number of hydrogen-bond donors (Lipinski definition) is 1. The average molecular weight is 204 g/mol. The van der Waals surface area contributed by atoms with Gasteiger partial charge in [0.25, 0.3) is 6.08 Å². The molecule has 3 heteroatoms. The molecule has 0 radical (unpaired) electrons. The summed E-state index contributed by atoms with van der Waals surface area (Å²) in [5.41, 5.74) is 5.27. The Morgan fingerprint density at radius 2 is 1.87 bits per heavy atom. The molecule has 0 saturated carbocycles. The molecule has 0 amide bonds. The summed E-state index contributed by atoms with van der Waals surface area (Å²) in [6.45, 7) is 6.17. The van der Waals surface area contributed by atoms with E-state index < -0.39 is 6.08 Å². The number of H-pyrrole nitrogens is 1. The Balaban J connectivity index is 2.59. The van der Waals surface area contributed by atoms with Gasteiger partial charge in [-0.15, -0.1) is 0 Å². The number of imidazole rings is 1. The summed E-state index contributed by atoms with van der Waals surface area (Å²) in [6, 6.07) is 4.01.